The van der Waals surface area contributed by atoms with Crippen molar-refractivity contribution in [1.82, 2.24) is 15.5 Å². The molecule has 1 aliphatic heterocycles. The van der Waals surface area contributed by atoms with Gasteiger partial charge in [0.1, 0.15) is 11.9 Å². The molecule has 3 aromatic rings. The van der Waals surface area contributed by atoms with E-state index in [9.17, 15) is 23.2 Å². The first kappa shape index (κ1) is 29.3. The molecule has 2 heterocycles. The molecule has 0 radical (unpaired) electrons. The molecule has 2 aliphatic rings. The lowest BCUT2D eigenvalue weighted by Gasteiger charge is -2.25. The molecule has 220 valence electrons. The lowest BCUT2D eigenvalue weighted by atomic mass is 9.97. The number of benzene rings is 2. The van der Waals surface area contributed by atoms with Gasteiger partial charge in [0.2, 0.25) is 11.8 Å². The molecule has 5 N–H and O–H groups in total. The number of amidine groups is 1. The number of rotatable bonds is 9. The number of thiophene rings is 1. The zero-order valence-electron chi connectivity index (χ0n) is 23.0. The Morgan fingerprint density at radius 3 is 2.57 bits per heavy atom. The van der Waals surface area contributed by atoms with Crippen LogP contribution < -0.4 is 16.4 Å². The van der Waals surface area contributed by atoms with Gasteiger partial charge < -0.3 is 26.0 Å². The van der Waals surface area contributed by atoms with Crippen LogP contribution >= 0.6 is 11.3 Å². The normalized spacial score (nSPS) is 19.7. The predicted molar refractivity (Wildman–Crippen MR) is 155 cm³/mol. The lowest BCUT2D eigenvalue weighted by molar-refractivity contribution is -0.160. The van der Waals surface area contributed by atoms with E-state index in [1.54, 1.807) is 24.4 Å². The van der Waals surface area contributed by atoms with E-state index >= 15 is 0 Å². The molecule has 0 bridgehead atoms. The second-order valence-corrected chi connectivity index (χ2v) is 11.4. The van der Waals surface area contributed by atoms with E-state index < -0.39 is 49.1 Å². The molecule has 9 nitrogen and oxygen atoms in total. The number of nitrogen functional groups attached to an aromatic ring is 1. The number of carbonyl (C=O) groups is 3. The maximum atomic E-state index is 13.2. The third kappa shape index (κ3) is 5.90. The van der Waals surface area contributed by atoms with Crippen molar-refractivity contribution >= 4 is 34.9 Å². The average Bonchev–Trinajstić information content (AvgIpc) is 3.69. The molecule has 4 atom stereocenters. The van der Waals surface area contributed by atoms with Crippen molar-refractivity contribution in [1.29, 1.82) is 5.41 Å². The van der Waals surface area contributed by atoms with Gasteiger partial charge in [0, 0.05) is 40.3 Å². The van der Waals surface area contributed by atoms with Crippen molar-refractivity contribution in [2.75, 3.05) is 13.1 Å². The van der Waals surface area contributed by atoms with Crippen molar-refractivity contribution in [2.45, 2.75) is 51.0 Å². The van der Waals surface area contributed by atoms with E-state index in [4.69, 9.17) is 11.1 Å². The van der Waals surface area contributed by atoms with Crippen LogP contribution in [0, 0.1) is 5.41 Å². The molecule has 42 heavy (non-hydrogen) atoms. The van der Waals surface area contributed by atoms with Gasteiger partial charge in [-0.15, -0.1) is 11.3 Å². The van der Waals surface area contributed by atoms with E-state index in [2.05, 4.69) is 28.4 Å². The fourth-order valence-corrected chi connectivity index (χ4v) is 6.54. The summed E-state index contributed by atoms with van der Waals surface area (Å²) in [5, 5.41) is 14.7. The Hall–Kier alpha value is -4.16. The Balaban J connectivity index is 1.24. The van der Waals surface area contributed by atoms with Crippen LogP contribution in [-0.2, 0) is 14.3 Å². The molecule has 0 saturated carbocycles. The highest BCUT2D eigenvalue weighted by Crippen LogP contribution is 2.44. The summed E-state index contributed by atoms with van der Waals surface area (Å²) in [6.45, 7) is 0.121. The summed E-state index contributed by atoms with van der Waals surface area (Å²) in [6.07, 6.45) is -1.16. The first-order valence-electron chi connectivity index (χ1n) is 13.5. The fourth-order valence-electron chi connectivity index (χ4n) is 5.62. The number of alkyl halides is 2. The largest absolute Gasteiger partial charge is 0.384 e. The number of ether oxygens (including phenoxy) is 1. The Kier molecular flexibility index (Phi) is 8.37. The van der Waals surface area contributed by atoms with Crippen molar-refractivity contribution in [2.24, 2.45) is 5.73 Å². The average molecular weight is 596 g/mol. The third-order valence-corrected chi connectivity index (χ3v) is 8.91. The highest BCUT2D eigenvalue weighted by molar-refractivity contribution is 7.10. The summed E-state index contributed by atoms with van der Waals surface area (Å²) in [7, 11) is 0. The van der Waals surface area contributed by atoms with Crippen molar-refractivity contribution in [3.05, 3.63) is 81.0 Å². The monoisotopic (exact) mass is 595 g/mol. The number of fused-ring (bicyclic) bond motifs is 3. The van der Waals surface area contributed by atoms with E-state index in [0.29, 0.717) is 11.1 Å². The first-order valence-corrected chi connectivity index (χ1v) is 14.4. The minimum Gasteiger partial charge on any atom is -0.384 e. The summed E-state index contributed by atoms with van der Waals surface area (Å²) < 4.78 is 30.6. The quantitative estimate of drug-likeness (QED) is 0.219. The van der Waals surface area contributed by atoms with Gasteiger partial charge in [-0.1, -0.05) is 37.3 Å². The van der Waals surface area contributed by atoms with Gasteiger partial charge >= 0.3 is 6.61 Å². The molecule has 1 fully saturated rings. The number of hydrogen-bond acceptors (Lipinski definition) is 6. The minimum absolute atomic E-state index is 0.0999. The Bertz CT molecular complexity index is 1540. The highest BCUT2D eigenvalue weighted by atomic mass is 32.1. The minimum atomic E-state index is -3.06. The maximum Gasteiger partial charge on any atom is 0.345 e. The molecule has 0 spiro atoms. The second kappa shape index (κ2) is 12.0. The first-order chi connectivity index (χ1) is 20.0. The number of likely N-dealkylation sites (tertiary alicyclic amines) is 1. The van der Waals surface area contributed by atoms with Gasteiger partial charge in [-0.3, -0.25) is 19.8 Å². The van der Waals surface area contributed by atoms with Crippen LogP contribution in [0.25, 0.3) is 11.1 Å². The smallest absolute Gasteiger partial charge is 0.345 e. The van der Waals surface area contributed by atoms with Gasteiger partial charge in [-0.2, -0.15) is 8.78 Å². The molecule has 2 aromatic carbocycles. The molecule has 5 rings (SSSR count). The van der Waals surface area contributed by atoms with Crippen LogP contribution in [0.5, 0.6) is 0 Å². The number of hydrogen-bond donors (Lipinski definition) is 4. The van der Waals surface area contributed by atoms with Crippen molar-refractivity contribution < 1.29 is 27.9 Å². The molecule has 1 aromatic heterocycles. The molecular formula is C30H31F2N5O4S. The number of carbonyl (C=O) groups excluding carboxylic acids is 3. The molecular weight excluding hydrogens is 564 g/mol. The van der Waals surface area contributed by atoms with E-state index in [1.165, 1.54) is 21.8 Å². The standard InChI is InChI=1S/C30H31F2N5O4S/c1-15-20-5-3-4-6-21(20)22-8-7-17(9-23(15)22)28(39)35-12-26(38)37-13-19(41-30(31)32)11-24(37)29(40)36-16(2)25-10-18(14-42-25)27(33)34/h3-10,14-16,19,24,30H,11-13H2,1-2H3,(H3,33,34)(H,35,39)(H,36,40)/t15?,16?,19-,24+/m1/s1. The lowest BCUT2D eigenvalue weighted by Crippen LogP contribution is -2.49. The number of nitrogens with one attached hydrogen (secondary N) is 3. The van der Waals surface area contributed by atoms with Gasteiger partial charge in [-0.05, 0) is 47.4 Å². The summed E-state index contributed by atoms with van der Waals surface area (Å²) in [5.41, 5.74) is 10.8. The fraction of sp³-hybridized carbons (Fsp3) is 0.333. The molecule has 2 unspecified atom stereocenters. The summed E-state index contributed by atoms with van der Waals surface area (Å²) in [4.78, 5) is 41.3. The molecule has 12 heteroatoms. The topological polar surface area (TPSA) is 138 Å². The second-order valence-electron chi connectivity index (χ2n) is 10.5. The molecule has 3 amide bonds. The Morgan fingerprint density at radius 1 is 1.12 bits per heavy atom. The highest BCUT2D eigenvalue weighted by Gasteiger charge is 2.41. The number of nitrogens with zero attached hydrogens (tertiary/aromatic N) is 1. The van der Waals surface area contributed by atoms with E-state index in [1.807, 2.05) is 30.3 Å². The van der Waals surface area contributed by atoms with Gasteiger partial charge in [-0.25, -0.2) is 0 Å². The van der Waals surface area contributed by atoms with Crippen LogP contribution in [0.1, 0.15) is 64.2 Å². The summed E-state index contributed by atoms with van der Waals surface area (Å²) in [6, 6.07) is 13.6. The van der Waals surface area contributed by atoms with Gasteiger partial charge in [0.05, 0.1) is 18.7 Å². The number of nitrogens with two attached hydrogens (primary N) is 1. The van der Waals surface area contributed by atoms with Gasteiger partial charge in [0.15, 0.2) is 0 Å². The van der Waals surface area contributed by atoms with Crippen LogP contribution in [0.2, 0.25) is 0 Å². The zero-order chi connectivity index (χ0) is 30.1. The van der Waals surface area contributed by atoms with E-state index in [0.717, 1.165) is 21.6 Å². The summed E-state index contributed by atoms with van der Waals surface area (Å²) in [5.74, 6) is -1.56. The van der Waals surface area contributed by atoms with E-state index in [-0.39, 0.29) is 24.7 Å². The number of halogens is 2. The Morgan fingerprint density at radius 2 is 1.86 bits per heavy atom. The predicted octanol–water partition coefficient (Wildman–Crippen LogP) is 3.98. The molecule has 1 aliphatic carbocycles. The van der Waals surface area contributed by atoms with Crippen LogP contribution in [-0.4, -0.2) is 60.3 Å². The SMILES string of the molecule is CC(NC(=O)[C@@H]1C[C@@H](OC(F)F)CN1C(=O)CNC(=O)c1ccc2c(c1)C(C)c1ccccc1-2)c1cc(C(=N)N)cs1. The number of amides is 3. The molecule has 1 saturated heterocycles. The van der Waals surface area contributed by atoms with Crippen LogP contribution in [0.15, 0.2) is 53.9 Å². The van der Waals surface area contributed by atoms with Gasteiger partial charge in [0.25, 0.3) is 5.91 Å². The maximum absolute atomic E-state index is 13.2. The summed E-state index contributed by atoms with van der Waals surface area (Å²) >= 11 is 1.31. The van der Waals surface area contributed by atoms with Crippen LogP contribution in [0.4, 0.5) is 8.78 Å². The Labute approximate surface area is 245 Å². The third-order valence-electron chi connectivity index (χ3n) is 7.80. The van der Waals surface area contributed by atoms with Crippen molar-refractivity contribution in [3.63, 3.8) is 0 Å². The van der Waals surface area contributed by atoms with Crippen molar-refractivity contribution in [3.8, 4) is 11.1 Å². The zero-order valence-corrected chi connectivity index (χ0v) is 23.8. The van der Waals surface area contributed by atoms with Crippen LogP contribution in [0.3, 0.4) is 0 Å².